The molecule has 0 bridgehead atoms. The molecule has 0 amide bonds. The van der Waals surface area contributed by atoms with Gasteiger partial charge in [-0.2, -0.15) is 0 Å². The third kappa shape index (κ3) is 2.24. The highest BCUT2D eigenvalue weighted by atomic mass is 35.5. The van der Waals surface area contributed by atoms with E-state index >= 15 is 0 Å². The summed E-state index contributed by atoms with van der Waals surface area (Å²) in [5, 5.41) is 9.53. The van der Waals surface area contributed by atoms with E-state index in [-0.39, 0.29) is 10.6 Å². The molecule has 0 saturated heterocycles. The van der Waals surface area contributed by atoms with Gasteiger partial charge in [0.2, 0.25) is 0 Å². The number of rotatable bonds is 2. The minimum atomic E-state index is -1.00. The summed E-state index contributed by atoms with van der Waals surface area (Å²) >= 11 is 5.98. The molecular weight excluding hydrogens is 248 g/mol. The summed E-state index contributed by atoms with van der Waals surface area (Å²) in [5.41, 5.74) is 3.91. The maximum absolute atomic E-state index is 11.3. The summed E-state index contributed by atoms with van der Waals surface area (Å²) in [4.78, 5) is 11.3. The van der Waals surface area contributed by atoms with Gasteiger partial charge < -0.3 is 5.11 Å². The molecule has 0 aliphatic rings. The summed E-state index contributed by atoms with van der Waals surface area (Å²) in [5.74, 6) is -1.00. The van der Waals surface area contributed by atoms with E-state index in [9.17, 15) is 9.90 Å². The standard InChI is InChI=1S/C15H13ClO2/c1-9-6-7-11(10(2)8-9)12-4-3-5-13(16)14(12)15(17)18/h3-8H,1-2H3,(H,17,18). The van der Waals surface area contributed by atoms with Crippen molar-refractivity contribution in [1.82, 2.24) is 0 Å². The summed E-state index contributed by atoms with van der Waals surface area (Å²) in [6.07, 6.45) is 0. The van der Waals surface area contributed by atoms with Crippen LogP contribution in [-0.2, 0) is 0 Å². The quantitative estimate of drug-likeness (QED) is 0.873. The molecule has 0 saturated carbocycles. The number of carboxylic acids is 1. The number of carbonyl (C=O) groups is 1. The van der Waals surface area contributed by atoms with E-state index in [2.05, 4.69) is 0 Å². The largest absolute Gasteiger partial charge is 0.478 e. The van der Waals surface area contributed by atoms with Gasteiger partial charge in [-0.25, -0.2) is 4.79 Å². The molecule has 2 aromatic carbocycles. The lowest BCUT2D eigenvalue weighted by Gasteiger charge is -2.11. The molecule has 2 nitrogen and oxygen atoms in total. The average Bonchev–Trinajstić information content (AvgIpc) is 2.28. The predicted octanol–water partition coefficient (Wildman–Crippen LogP) is 4.32. The Morgan fingerprint density at radius 1 is 1.11 bits per heavy atom. The van der Waals surface area contributed by atoms with E-state index in [1.54, 1.807) is 18.2 Å². The summed E-state index contributed by atoms with van der Waals surface area (Å²) in [6.45, 7) is 3.97. The van der Waals surface area contributed by atoms with Crippen molar-refractivity contribution in [1.29, 1.82) is 0 Å². The Hall–Kier alpha value is -1.80. The third-order valence-electron chi connectivity index (χ3n) is 2.90. The molecule has 92 valence electrons. The molecule has 3 heteroatoms. The first-order valence-corrected chi connectivity index (χ1v) is 5.98. The molecule has 18 heavy (non-hydrogen) atoms. The van der Waals surface area contributed by atoms with Gasteiger partial charge in [0.15, 0.2) is 0 Å². The minimum absolute atomic E-state index is 0.158. The number of hydrogen-bond donors (Lipinski definition) is 1. The van der Waals surface area contributed by atoms with E-state index < -0.39 is 5.97 Å². The maximum Gasteiger partial charge on any atom is 0.337 e. The van der Waals surface area contributed by atoms with Crippen molar-refractivity contribution in [3.63, 3.8) is 0 Å². The third-order valence-corrected chi connectivity index (χ3v) is 3.21. The van der Waals surface area contributed by atoms with Crippen LogP contribution in [0.1, 0.15) is 21.5 Å². The van der Waals surface area contributed by atoms with Gasteiger partial charge in [-0.05, 0) is 36.6 Å². The van der Waals surface area contributed by atoms with Crippen LogP contribution in [0.5, 0.6) is 0 Å². The zero-order valence-corrected chi connectivity index (χ0v) is 11.0. The van der Waals surface area contributed by atoms with Crippen LogP contribution < -0.4 is 0 Å². The molecule has 0 unspecified atom stereocenters. The van der Waals surface area contributed by atoms with Crippen molar-refractivity contribution in [2.45, 2.75) is 13.8 Å². The van der Waals surface area contributed by atoms with Crippen LogP contribution in [-0.4, -0.2) is 11.1 Å². The molecule has 0 aliphatic carbocycles. The molecule has 0 spiro atoms. The average molecular weight is 261 g/mol. The van der Waals surface area contributed by atoms with Crippen LogP contribution in [0.2, 0.25) is 5.02 Å². The maximum atomic E-state index is 11.3. The second-order valence-electron chi connectivity index (χ2n) is 4.29. The number of aryl methyl sites for hydroxylation is 2. The van der Waals surface area contributed by atoms with Crippen LogP contribution in [0.25, 0.3) is 11.1 Å². The number of hydrogen-bond acceptors (Lipinski definition) is 1. The SMILES string of the molecule is Cc1ccc(-c2cccc(Cl)c2C(=O)O)c(C)c1. The second kappa shape index (κ2) is 4.83. The number of benzene rings is 2. The topological polar surface area (TPSA) is 37.3 Å². The van der Waals surface area contributed by atoms with Crippen LogP contribution in [0.15, 0.2) is 36.4 Å². The highest BCUT2D eigenvalue weighted by Gasteiger charge is 2.16. The first kappa shape index (κ1) is 12.7. The fourth-order valence-electron chi connectivity index (χ4n) is 2.08. The fourth-order valence-corrected chi connectivity index (χ4v) is 2.34. The molecule has 1 N–H and O–H groups in total. The number of aromatic carboxylic acids is 1. The number of carboxylic acid groups (broad SMARTS) is 1. The van der Waals surface area contributed by atoms with Gasteiger partial charge in [0.25, 0.3) is 0 Å². The lowest BCUT2D eigenvalue weighted by atomic mass is 9.95. The first-order chi connectivity index (χ1) is 8.50. The van der Waals surface area contributed by atoms with Gasteiger partial charge in [0.05, 0.1) is 10.6 Å². The molecule has 0 radical (unpaired) electrons. The Balaban J connectivity index is 2.71. The van der Waals surface area contributed by atoms with Gasteiger partial charge in [-0.1, -0.05) is 47.5 Å². The molecule has 2 rings (SSSR count). The summed E-state index contributed by atoms with van der Waals surface area (Å²) < 4.78 is 0. The van der Waals surface area contributed by atoms with E-state index in [4.69, 9.17) is 11.6 Å². The van der Waals surface area contributed by atoms with Gasteiger partial charge in [0.1, 0.15) is 0 Å². The van der Waals surface area contributed by atoms with Crippen molar-refractivity contribution < 1.29 is 9.90 Å². The van der Waals surface area contributed by atoms with E-state index in [1.807, 2.05) is 32.0 Å². The Morgan fingerprint density at radius 3 is 2.44 bits per heavy atom. The van der Waals surface area contributed by atoms with Crippen molar-refractivity contribution >= 4 is 17.6 Å². The van der Waals surface area contributed by atoms with Crippen LogP contribution in [0.4, 0.5) is 0 Å². The smallest absolute Gasteiger partial charge is 0.337 e. The monoisotopic (exact) mass is 260 g/mol. The fraction of sp³-hybridized carbons (Fsp3) is 0.133. The Kier molecular flexibility index (Phi) is 3.39. The van der Waals surface area contributed by atoms with Crippen molar-refractivity contribution in [2.75, 3.05) is 0 Å². The zero-order chi connectivity index (χ0) is 13.3. The molecule has 0 atom stereocenters. The molecule has 0 heterocycles. The van der Waals surface area contributed by atoms with Crippen LogP contribution in [0.3, 0.4) is 0 Å². The minimum Gasteiger partial charge on any atom is -0.478 e. The summed E-state index contributed by atoms with van der Waals surface area (Å²) in [7, 11) is 0. The first-order valence-electron chi connectivity index (χ1n) is 5.60. The lowest BCUT2D eigenvalue weighted by molar-refractivity contribution is 0.0698. The molecule has 0 aliphatic heterocycles. The summed E-state index contributed by atoms with van der Waals surface area (Å²) in [6, 6.07) is 11.1. The van der Waals surface area contributed by atoms with Crippen LogP contribution in [0, 0.1) is 13.8 Å². The highest BCUT2D eigenvalue weighted by Crippen LogP contribution is 2.31. The molecular formula is C15H13ClO2. The predicted molar refractivity (Wildman–Crippen MR) is 73.3 cm³/mol. The van der Waals surface area contributed by atoms with Crippen LogP contribution >= 0.6 is 11.6 Å². The van der Waals surface area contributed by atoms with E-state index in [1.165, 1.54) is 0 Å². The molecule has 0 fully saturated rings. The molecule has 2 aromatic rings. The van der Waals surface area contributed by atoms with Crippen molar-refractivity contribution in [3.8, 4) is 11.1 Å². The zero-order valence-electron chi connectivity index (χ0n) is 10.2. The van der Waals surface area contributed by atoms with E-state index in [0.717, 1.165) is 16.7 Å². The van der Waals surface area contributed by atoms with Crippen molar-refractivity contribution in [3.05, 3.63) is 58.1 Å². The van der Waals surface area contributed by atoms with Gasteiger partial charge >= 0.3 is 5.97 Å². The Bertz CT molecular complexity index is 618. The lowest BCUT2D eigenvalue weighted by Crippen LogP contribution is -2.01. The van der Waals surface area contributed by atoms with Gasteiger partial charge in [0, 0.05) is 0 Å². The Morgan fingerprint density at radius 2 is 1.83 bits per heavy atom. The van der Waals surface area contributed by atoms with Crippen molar-refractivity contribution in [2.24, 2.45) is 0 Å². The normalized spacial score (nSPS) is 10.4. The van der Waals surface area contributed by atoms with Gasteiger partial charge in [-0.15, -0.1) is 0 Å². The number of halogens is 1. The van der Waals surface area contributed by atoms with E-state index in [0.29, 0.717) is 5.56 Å². The second-order valence-corrected chi connectivity index (χ2v) is 4.69. The highest BCUT2D eigenvalue weighted by molar-refractivity contribution is 6.34. The van der Waals surface area contributed by atoms with Gasteiger partial charge in [-0.3, -0.25) is 0 Å². The molecule has 0 aromatic heterocycles. The Labute approximate surface area is 111 Å².